The molecule has 2 aromatic heterocycles. The van der Waals surface area contributed by atoms with E-state index in [9.17, 15) is 9.59 Å². The van der Waals surface area contributed by atoms with E-state index in [0.717, 1.165) is 54.6 Å². The number of rotatable bonds is 20. The van der Waals surface area contributed by atoms with Crippen molar-refractivity contribution in [3.05, 3.63) is 22.6 Å². The Labute approximate surface area is 257 Å². The summed E-state index contributed by atoms with van der Waals surface area (Å²) in [6, 6.07) is 4.33. The van der Waals surface area contributed by atoms with Crippen LogP contribution in [-0.4, -0.2) is 82.6 Å². The van der Waals surface area contributed by atoms with E-state index in [1.165, 1.54) is 9.40 Å². The van der Waals surface area contributed by atoms with E-state index in [1.54, 1.807) is 22.7 Å². The molecule has 0 amide bonds. The predicted molar refractivity (Wildman–Crippen MR) is 170 cm³/mol. The lowest BCUT2D eigenvalue weighted by atomic mass is 10.1. The van der Waals surface area contributed by atoms with Gasteiger partial charge < -0.3 is 29.2 Å². The van der Waals surface area contributed by atoms with Crippen LogP contribution >= 0.6 is 34.3 Å². The van der Waals surface area contributed by atoms with Gasteiger partial charge in [-0.2, -0.15) is 0 Å². The van der Waals surface area contributed by atoms with Crippen LogP contribution in [0.2, 0.25) is 0 Å². The Hall–Kier alpha value is -1.69. The molecule has 0 aromatic carbocycles. The van der Waals surface area contributed by atoms with Crippen LogP contribution in [0.25, 0.3) is 15.5 Å². The van der Waals surface area contributed by atoms with Crippen molar-refractivity contribution in [3.8, 4) is 0 Å². The Kier molecular flexibility index (Phi) is 14.4. The zero-order valence-electron chi connectivity index (χ0n) is 24.8. The molecule has 1 atom stereocenters. The fourth-order valence-electron chi connectivity index (χ4n) is 3.94. The summed E-state index contributed by atoms with van der Waals surface area (Å²) in [6.07, 6.45) is 7.35. The van der Waals surface area contributed by atoms with Gasteiger partial charge in [-0.1, -0.05) is 12.8 Å². The van der Waals surface area contributed by atoms with E-state index >= 15 is 0 Å². The van der Waals surface area contributed by atoms with E-state index in [2.05, 4.69) is 22.3 Å². The number of hydrogen-bond acceptors (Lipinski definition) is 10. The molecule has 3 heterocycles. The highest BCUT2D eigenvalue weighted by Gasteiger charge is 2.33. The second-order valence-corrected chi connectivity index (χ2v) is 13.7. The Balaban J connectivity index is 1.30. The highest BCUT2D eigenvalue weighted by Crippen LogP contribution is 2.38. The molecule has 0 aliphatic carbocycles. The first kappa shape index (κ1) is 33.8. The summed E-state index contributed by atoms with van der Waals surface area (Å²) in [7, 11) is 2.00. The molecule has 8 nitrogen and oxygen atoms in total. The van der Waals surface area contributed by atoms with Crippen LogP contribution in [0.5, 0.6) is 0 Å². The number of unbranched alkanes of at least 4 members (excludes halogenated alkanes) is 3. The molecule has 0 radical (unpaired) electrons. The first-order valence-corrected chi connectivity index (χ1v) is 16.6. The number of halogens is 1. The summed E-state index contributed by atoms with van der Waals surface area (Å²) < 4.78 is 24.4. The zero-order valence-corrected chi connectivity index (χ0v) is 27.2. The van der Waals surface area contributed by atoms with Crippen LogP contribution in [0.4, 0.5) is 5.00 Å². The van der Waals surface area contributed by atoms with Crippen LogP contribution in [0.15, 0.2) is 17.7 Å². The lowest BCUT2D eigenvalue weighted by molar-refractivity contribution is -0.150. The molecular weight excluding hydrogens is 584 g/mol. The number of carbonyl (C=O) groups is 2. The van der Waals surface area contributed by atoms with Gasteiger partial charge in [0, 0.05) is 53.4 Å². The molecule has 1 N–H and O–H groups in total. The number of nitrogens with one attached hydrogen (secondary N) is 1. The fraction of sp³-hybridized carbons (Fsp3) is 0.667. The topological polar surface area (TPSA) is 96.2 Å². The Morgan fingerprint density at radius 2 is 1.68 bits per heavy atom. The lowest BCUT2D eigenvalue weighted by Gasteiger charge is -2.20. The number of ether oxygens (including phenoxy) is 4. The van der Waals surface area contributed by atoms with E-state index < -0.39 is 5.60 Å². The number of alkyl halides is 1. The van der Waals surface area contributed by atoms with Gasteiger partial charge in [-0.25, -0.2) is 4.79 Å². The fourth-order valence-corrected chi connectivity index (χ4v) is 6.47. The second kappa shape index (κ2) is 17.4. The number of nitrogens with zero attached hydrogens (tertiary/aromatic N) is 1. The van der Waals surface area contributed by atoms with Gasteiger partial charge in [-0.05, 0) is 58.2 Å². The number of anilines is 1. The van der Waals surface area contributed by atoms with E-state index in [0.29, 0.717) is 51.4 Å². The van der Waals surface area contributed by atoms with Crippen molar-refractivity contribution in [3.63, 3.8) is 0 Å². The van der Waals surface area contributed by atoms with E-state index in [1.807, 2.05) is 33.9 Å². The van der Waals surface area contributed by atoms with Crippen molar-refractivity contribution in [2.75, 3.05) is 64.0 Å². The van der Waals surface area contributed by atoms with Crippen molar-refractivity contribution in [1.82, 2.24) is 5.32 Å². The number of likely N-dealkylation sites (N-methyl/N-ethyl adjacent to an activating group) is 1. The maximum absolute atomic E-state index is 12.7. The molecule has 0 saturated carbocycles. The molecule has 2 aromatic rings. The molecule has 0 bridgehead atoms. The van der Waals surface area contributed by atoms with E-state index in [4.69, 9.17) is 30.5 Å². The average molecular weight is 629 g/mol. The Bertz CT molecular complexity index is 1090. The molecular formula is C30H45ClN2O6S2. The molecule has 0 spiro atoms. The SMILES string of the molecule is CN(CCOC(=O)CCCOCCOCCCCCCCl)c1cc2sc(/C=C(/C(=O)OC(C)(C)C)C3CN3)cc2s1. The molecule has 1 aliphatic rings. The largest absolute Gasteiger partial charge is 0.464 e. The van der Waals surface area contributed by atoms with Crippen molar-refractivity contribution >= 4 is 66.7 Å². The molecule has 1 aliphatic heterocycles. The maximum atomic E-state index is 12.7. The van der Waals surface area contributed by atoms with Crippen LogP contribution in [0.1, 0.15) is 64.2 Å². The minimum atomic E-state index is -0.525. The number of fused-ring (bicyclic) bond motifs is 1. The molecule has 1 fully saturated rings. The van der Waals surface area contributed by atoms with Gasteiger partial charge in [0.1, 0.15) is 12.2 Å². The van der Waals surface area contributed by atoms with Gasteiger partial charge in [-0.3, -0.25) is 4.79 Å². The quantitative estimate of drug-likeness (QED) is 0.0604. The van der Waals surface area contributed by atoms with Crippen LogP contribution in [0.3, 0.4) is 0 Å². The van der Waals surface area contributed by atoms with Crippen LogP contribution in [0, 0.1) is 0 Å². The van der Waals surface area contributed by atoms with Crippen LogP contribution in [-0.2, 0) is 28.5 Å². The minimum Gasteiger partial charge on any atom is -0.464 e. The number of carbonyl (C=O) groups excluding carboxylic acids is 2. The van der Waals surface area contributed by atoms with Gasteiger partial charge in [-0.15, -0.1) is 34.3 Å². The van der Waals surface area contributed by atoms with Crippen molar-refractivity contribution < 1.29 is 28.5 Å². The molecule has 1 saturated heterocycles. The molecule has 3 rings (SSSR count). The monoisotopic (exact) mass is 628 g/mol. The van der Waals surface area contributed by atoms with Crippen molar-refractivity contribution in [2.45, 2.75) is 70.9 Å². The first-order chi connectivity index (χ1) is 19.7. The van der Waals surface area contributed by atoms with Gasteiger partial charge >= 0.3 is 11.9 Å². The smallest absolute Gasteiger partial charge is 0.336 e. The summed E-state index contributed by atoms with van der Waals surface area (Å²) >= 11 is 9.01. The van der Waals surface area contributed by atoms with Crippen molar-refractivity contribution in [2.24, 2.45) is 0 Å². The Morgan fingerprint density at radius 1 is 1.00 bits per heavy atom. The number of thiophene rings is 2. The van der Waals surface area contributed by atoms with Gasteiger partial charge in [0.15, 0.2) is 0 Å². The highest BCUT2D eigenvalue weighted by atomic mass is 35.5. The third-order valence-electron chi connectivity index (χ3n) is 6.21. The summed E-state index contributed by atoms with van der Waals surface area (Å²) in [4.78, 5) is 27.9. The highest BCUT2D eigenvalue weighted by molar-refractivity contribution is 7.30. The first-order valence-electron chi connectivity index (χ1n) is 14.5. The second-order valence-electron chi connectivity index (χ2n) is 11.1. The predicted octanol–water partition coefficient (Wildman–Crippen LogP) is 6.25. The summed E-state index contributed by atoms with van der Waals surface area (Å²) in [5.41, 5.74) is 0.150. The molecule has 230 valence electrons. The molecule has 41 heavy (non-hydrogen) atoms. The summed E-state index contributed by atoms with van der Waals surface area (Å²) in [5, 5.41) is 4.32. The van der Waals surface area contributed by atoms with Crippen LogP contribution < -0.4 is 10.2 Å². The van der Waals surface area contributed by atoms with E-state index in [-0.39, 0.29) is 18.0 Å². The van der Waals surface area contributed by atoms with Gasteiger partial charge in [0.2, 0.25) is 0 Å². The normalized spacial score (nSPS) is 15.3. The number of esters is 2. The summed E-state index contributed by atoms with van der Waals surface area (Å²) in [5.74, 6) is 0.259. The lowest BCUT2D eigenvalue weighted by Crippen LogP contribution is -2.26. The van der Waals surface area contributed by atoms with Gasteiger partial charge in [0.25, 0.3) is 0 Å². The molecule has 1 unspecified atom stereocenters. The summed E-state index contributed by atoms with van der Waals surface area (Å²) in [6.45, 7) is 9.78. The average Bonchev–Trinajstić information content (AvgIpc) is 3.56. The molecule has 11 heteroatoms. The third-order valence-corrected chi connectivity index (χ3v) is 8.83. The Morgan fingerprint density at radius 3 is 2.34 bits per heavy atom. The van der Waals surface area contributed by atoms with Crippen molar-refractivity contribution in [1.29, 1.82) is 0 Å². The van der Waals surface area contributed by atoms with Gasteiger partial charge in [0.05, 0.1) is 36.4 Å². The third kappa shape index (κ3) is 13.0. The maximum Gasteiger partial charge on any atom is 0.336 e. The standard InChI is InChI=1S/C30H45ClN2O6S2/c1-30(2,3)39-29(35)23(24-21-32-24)18-22-19-25-26(40-22)20-27(41-25)33(4)12-15-38-28(34)10-9-14-37-17-16-36-13-8-6-5-7-11-31/h18-20,24,32H,5-17,21H2,1-4H3/b23-18+. The minimum absolute atomic E-state index is 0.0631. The number of hydrogen-bond donors (Lipinski definition) is 1. The zero-order chi connectivity index (χ0) is 29.7.